The summed E-state index contributed by atoms with van der Waals surface area (Å²) >= 11 is 0. The Morgan fingerprint density at radius 2 is 1.74 bits per heavy atom. The van der Waals surface area contributed by atoms with Crippen LogP contribution in [0.15, 0.2) is 41.6 Å². The van der Waals surface area contributed by atoms with E-state index >= 15 is 0 Å². The Labute approximate surface area is 213 Å². The summed E-state index contributed by atoms with van der Waals surface area (Å²) in [6.07, 6.45) is 4.72. The minimum absolute atomic E-state index is 0.0131. The molecule has 2 fully saturated rings. The third-order valence-electron chi connectivity index (χ3n) is 8.97. The molecule has 3 atom stereocenters. The number of benzene rings is 1. The van der Waals surface area contributed by atoms with Crippen LogP contribution in [0.3, 0.4) is 0 Å². The lowest BCUT2D eigenvalue weighted by atomic mass is 9.70. The molecule has 35 heavy (non-hydrogen) atoms. The molecule has 1 aromatic rings. The van der Waals surface area contributed by atoms with E-state index in [1.54, 1.807) is 0 Å². The summed E-state index contributed by atoms with van der Waals surface area (Å²) in [5.74, 6) is 0.236. The Kier molecular flexibility index (Phi) is 7.67. The number of esters is 1. The van der Waals surface area contributed by atoms with Crippen molar-refractivity contribution in [2.45, 2.75) is 92.5 Å². The van der Waals surface area contributed by atoms with Crippen molar-refractivity contribution in [3.05, 3.63) is 41.6 Å². The molecule has 0 aliphatic heterocycles. The second kappa shape index (κ2) is 9.76. The zero-order valence-corrected chi connectivity index (χ0v) is 24.2. The van der Waals surface area contributed by atoms with E-state index in [1.165, 1.54) is 21.7 Å². The standard InChI is InChI=1S/C29H45NO4Si/c1-10-22(35(8,9)23-14-12-11-13-15-23)19-30(26(32)34-27(2,3)4)20-25(31)33-24-18-21-16-17-29(24,7)28(21,5)6/h10-15,21,24H,16-20H2,1-9H3/b22-10-/t21-,24+,29+/m1/s1. The van der Waals surface area contributed by atoms with Crippen LogP contribution < -0.4 is 5.19 Å². The van der Waals surface area contributed by atoms with Gasteiger partial charge < -0.3 is 9.47 Å². The van der Waals surface area contributed by atoms with Crippen molar-refractivity contribution in [2.75, 3.05) is 13.1 Å². The zero-order valence-electron chi connectivity index (χ0n) is 23.2. The van der Waals surface area contributed by atoms with E-state index in [9.17, 15) is 9.59 Å². The lowest BCUT2D eigenvalue weighted by Gasteiger charge is -2.38. The van der Waals surface area contributed by atoms with Crippen molar-refractivity contribution in [2.24, 2.45) is 16.7 Å². The maximum absolute atomic E-state index is 13.2. The number of ether oxygens (including phenoxy) is 2. The molecule has 6 heteroatoms. The van der Waals surface area contributed by atoms with E-state index < -0.39 is 19.8 Å². The second-order valence-electron chi connectivity index (χ2n) is 12.7. The molecule has 1 amide bonds. The molecule has 5 nitrogen and oxygen atoms in total. The lowest BCUT2D eigenvalue weighted by Crippen LogP contribution is -2.50. The highest BCUT2D eigenvalue weighted by atomic mass is 28.3. The number of hydrogen-bond donors (Lipinski definition) is 0. The van der Waals surface area contributed by atoms with Crippen molar-refractivity contribution < 1.29 is 19.1 Å². The topological polar surface area (TPSA) is 55.8 Å². The van der Waals surface area contributed by atoms with Gasteiger partial charge in [-0.3, -0.25) is 9.69 Å². The summed E-state index contributed by atoms with van der Waals surface area (Å²) in [6.45, 7) is 19.2. The number of carbonyl (C=O) groups is 2. The molecule has 0 N–H and O–H groups in total. The van der Waals surface area contributed by atoms with Gasteiger partial charge in [0.25, 0.3) is 0 Å². The van der Waals surface area contributed by atoms with Gasteiger partial charge in [0.1, 0.15) is 26.3 Å². The summed E-state index contributed by atoms with van der Waals surface area (Å²) in [6, 6.07) is 10.4. The van der Waals surface area contributed by atoms with Crippen LogP contribution in [0.5, 0.6) is 0 Å². The molecule has 0 unspecified atom stereocenters. The molecule has 2 aliphatic rings. The molecule has 2 saturated carbocycles. The van der Waals surface area contributed by atoms with Crippen LogP contribution in [0.25, 0.3) is 0 Å². The predicted octanol–water partition coefficient (Wildman–Crippen LogP) is 6.08. The Balaban J connectivity index is 1.78. The maximum Gasteiger partial charge on any atom is 0.411 e. The molecule has 1 aromatic carbocycles. The first-order valence-corrected chi connectivity index (χ1v) is 16.0. The molecule has 3 rings (SSSR count). The van der Waals surface area contributed by atoms with Crippen molar-refractivity contribution in [3.8, 4) is 0 Å². The van der Waals surface area contributed by atoms with Crippen LogP contribution in [-0.2, 0) is 14.3 Å². The highest BCUT2D eigenvalue weighted by molar-refractivity contribution is 6.95. The van der Waals surface area contributed by atoms with Gasteiger partial charge in [0.05, 0.1) is 0 Å². The second-order valence-corrected chi connectivity index (χ2v) is 17.2. The highest BCUT2D eigenvalue weighted by Gasteiger charge is 2.62. The Morgan fingerprint density at radius 3 is 2.23 bits per heavy atom. The van der Waals surface area contributed by atoms with Gasteiger partial charge in [-0.15, -0.1) is 0 Å². The van der Waals surface area contributed by atoms with Gasteiger partial charge in [-0.2, -0.15) is 0 Å². The van der Waals surface area contributed by atoms with E-state index in [0.29, 0.717) is 12.5 Å². The predicted molar refractivity (Wildman–Crippen MR) is 144 cm³/mol. The number of allylic oxidation sites excluding steroid dienone is 1. The largest absolute Gasteiger partial charge is 0.460 e. The normalized spacial score (nSPS) is 25.9. The van der Waals surface area contributed by atoms with Crippen molar-refractivity contribution in [1.29, 1.82) is 0 Å². The molecule has 0 heterocycles. The summed E-state index contributed by atoms with van der Waals surface area (Å²) in [7, 11) is -2.05. The lowest BCUT2D eigenvalue weighted by molar-refractivity contribution is -0.157. The molecule has 0 aromatic heterocycles. The van der Waals surface area contributed by atoms with E-state index in [-0.39, 0.29) is 29.4 Å². The van der Waals surface area contributed by atoms with Crippen molar-refractivity contribution in [1.82, 2.24) is 4.90 Å². The van der Waals surface area contributed by atoms with Crippen molar-refractivity contribution >= 4 is 25.3 Å². The monoisotopic (exact) mass is 499 g/mol. The summed E-state index contributed by atoms with van der Waals surface area (Å²) in [4.78, 5) is 28.0. The van der Waals surface area contributed by atoms with E-state index in [1.807, 2.05) is 33.8 Å². The molecule has 0 radical (unpaired) electrons. The molecule has 0 spiro atoms. The van der Waals surface area contributed by atoms with Gasteiger partial charge in [0.2, 0.25) is 0 Å². The molecular weight excluding hydrogens is 454 g/mol. The summed E-state index contributed by atoms with van der Waals surface area (Å²) in [5.41, 5.74) is -0.503. The van der Waals surface area contributed by atoms with Gasteiger partial charge in [-0.1, -0.05) is 80.7 Å². The Bertz CT molecular complexity index is 963. The van der Waals surface area contributed by atoms with Gasteiger partial charge in [0.15, 0.2) is 0 Å². The highest BCUT2D eigenvalue weighted by Crippen LogP contribution is 2.66. The molecular formula is C29H45NO4Si. The number of nitrogens with zero attached hydrogens (tertiary/aromatic N) is 1. The van der Waals surface area contributed by atoms with Gasteiger partial charge >= 0.3 is 12.1 Å². The average molecular weight is 500 g/mol. The first-order valence-electron chi connectivity index (χ1n) is 13.0. The first kappa shape index (κ1) is 27.5. The van der Waals surface area contributed by atoms with E-state index in [4.69, 9.17) is 9.47 Å². The minimum atomic E-state index is -2.05. The molecule has 0 saturated heterocycles. The van der Waals surface area contributed by atoms with Crippen LogP contribution >= 0.6 is 0 Å². The van der Waals surface area contributed by atoms with Crippen molar-refractivity contribution in [3.63, 3.8) is 0 Å². The van der Waals surface area contributed by atoms with E-state index in [0.717, 1.165) is 12.8 Å². The maximum atomic E-state index is 13.2. The fraction of sp³-hybridized carbons (Fsp3) is 0.655. The number of hydrogen-bond acceptors (Lipinski definition) is 4. The first-order chi connectivity index (χ1) is 16.1. The number of rotatable bonds is 7. The fourth-order valence-corrected chi connectivity index (χ4v) is 8.77. The number of carbonyl (C=O) groups excluding carboxylic acids is 2. The van der Waals surface area contributed by atoms with Crippen LogP contribution in [0, 0.1) is 16.7 Å². The number of fused-ring (bicyclic) bond motifs is 2. The van der Waals surface area contributed by atoms with E-state index in [2.05, 4.69) is 64.2 Å². The van der Waals surface area contributed by atoms with Crippen LogP contribution in [-0.4, -0.2) is 49.8 Å². The fourth-order valence-electron chi connectivity index (χ4n) is 6.07. The Morgan fingerprint density at radius 1 is 1.11 bits per heavy atom. The third kappa shape index (κ3) is 5.52. The molecule has 194 valence electrons. The minimum Gasteiger partial charge on any atom is -0.460 e. The summed E-state index contributed by atoms with van der Waals surface area (Å²) in [5, 5.41) is 2.47. The molecule has 2 aliphatic carbocycles. The van der Waals surface area contributed by atoms with Gasteiger partial charge in [-0.25, -0.2) is 4.79 Å². The van der Waals surface area contributed by atoms with Crippen LogP contribution in [0.1, 0.15) is 67.7 Å². The third-order valence-corrected chi connectivity index (χ3v) is 12.8. The SMILES string of the molecule is C/C=C(/CN(CC(=O)O[C@H]1C[C@H]2CC[C@]1(C)C2(C)C)C(=O)OC(C)(C)C)[Si](C)(C)c1ccccc1. The summed E-state index contributed by atoms with van der Waals surface area (Å²) < 4.78 is 11.8. The van der Waals surface area contributed by atoms with Gasteiger partial charge in [0, 0.05) is 12.0 Å². The Hall–Kier alpha value is -2.08. The smallest absolute Gasteiger partial charge is 0.411 e. The number of amides is 1. The van der Waals surface area contributed by atoms with Gasteiger partial charge in [-0.05, 0) is 58.3 Å². The average Bonchev–Trinajstić information content (AvgIpc) is 3.09. The van der Waals surface area contributed by atoms with Crippen LogP contribution in [0.2, 0.25) is 13.1 Å². The quantitative estimate of drug-likeness (QED) is 0.337. The molecule has 2 bridgehead atoms. The van der Waals surface area contributed by atoms with Crippen LogP contribution in [0.4, 0.5) is 4.79 Å². The zero-order chi connectivity index (χ0) is 26.2.